The van der Waals surface area contributed by atoms with Crippen LogP contribution in [-0.2, 0) is 16.6 Å². The van der Waals surface area contributed by atoms with Crippen molar-refractivity contribution in [1.82, 2.24) is 19.5 Å². The lowest BCUT2D eigenvalue weighted by molar-refractivity contribution is 0.568. The number of sulfonamides is 1. The predicted octanol–water partition coefficient (Wildman–Crippen LogP) is 2.84. The number of pyridine rings is 1. The fourth-order valence-electron chi connectivity index (χ4n) is 2.33. The van der Waals surface area contributed by atoms with Crippen LogP contribution in [0.15, 0.2) is 66.3 Å². The van der Waals surface area contributed by atoms with Gasteiger partial charge in [0.2, 0.25) is 10.0 Å². The molecule has 0 bridgehead atoms. The van der Waals surface area contributed by atoms with E-state index in [1.165, 1.54) is 5.41 Å². The Hall–Kier alpha value is -2.77. The summed E-state index contributed by atoms with van der Waals surface area (Å²) in [6, 6.07) is 15.1. The monoisotopic (exact) mass is 368 g/mol. The van der Waals surface area contributed by atoms with E-state index in [9.17, 15) is 8.42 Å². The van der Waals surface area contributed by atoms with Crippen molar-refractivity contribution in [2.75, 3.05) is 6.54 Å². The molecule has 2 aromatic heterocycles. The van der Waals surface area contributed by atoms with Crippen molar-refractivity contribution >= 4 is 16.1 Å². The average Bonchev–Trinajstić information content (AvgIpc) is 3.11. The molecule has 0 aliphatic heterocycles. The standard InChI is InChI=1S/C19H20N4O2S/c1-16-5-7-17(8-6-16)10-15-26(24,25)21-12-14-23-13-9-19(22-23)18-4-2-3-11-20-18/h2-11,13,15,21H,12,14H2,1H3. The summed E-state index contributed by atoms with van der Waals surface area (Å²) >= 11 is 0. The first kappa shape index (κ1) is 18.0. The summed E-state index contributed by atoms with van der Waals surface area (Å²) in [5.74, 6) is 0. The predicted molar refractivity (Wildman–Crippen MR) is 103 cm³/mol. The van der Waals surface area contributed by atoms with Crippen LogP contribution in [0.3, 0.4) is 0 Å². The van der Waals surface area contributed by atoms with Gasteiger partial charge in [-0.2, -0.15) is 5.10 Å². The maximum Gasteiger partial charge on any atom is 0.233 e. The molecule has 6 nitrogen and oxygen atoms in total. The van der Waals surface area contributed by atoms with Gasteiger partial charge >= 0.3 is 0 Å². The maximum absolute atomic E-state index is 12.1. The lowest BCUT2D eigenvalue weighted by atomic mass is 10.2. The van der Waals surface area contributed by atoms with Gasteiger partial charge in [-0.25, -0.2) is 13.1 Å². The van der Waals surface area contributed by atoms with E-state index in [4.69, 9.17) is 0 Å². The number of benzene rings is 1. The minimum Gasteiger partial charge on any atom is -0.271 e. The van der Waals surface area contributed by atoms with Gasteiger partial charge in [0.15, 0.2) is 0 Å². The lowest BCUT2D eigenvalue weighted by Crippen LogP contribution is -2.25. The third-order valence-electron chi connectivity index (χ3n) is 3.73. The van der Waals surface area contributed by atoms with Crippen molar-refractivity contribution in [2.24, 2.45) is 0 Å². The van der Waals surface area contributed by atoms with Gasteiger partial charge in [0.25, 0.3) is 0 Å². The molecule has 0 aliphatic rings. The fraction of sp³-hybridized carbons (Fsp3) is 0.158. The molecule has 1 N–H and O–H groups in total. The van der Waals surface area contributed by atoms with Gasteiger partial charge in [-0.1, -0.05) is 35.9 Å². The molecule has 3 aromatic rings. The number of nitrogens with zero attached hydrogens (tertiary/aromatic N) is 3. The molecular weight excluding hydrogens is 348 g/mol. The zero-order valence-corrected chi connectivity index (χ0v) is 15.2. The number of hydrogen-bond donors (Lipinski definition) is 1. The van der Waals surface area contributed by atoms with Gasteiger partial charge in [0, 0.05) is 24.3 Å². The number of hydrogen-bond acceptors (Lipinski definition) is 4. The van der Waals surface area contributed by atoms with Gasteiger partial charge < -0.3 is 0 Å². The highest BCUT2D eigenvalue weighted by molar-refractivity contribution is 7.92. The molecule has 0 saturated carbocycles. The smallest absolute Gasteiger partial charge is 0.233 e. The maximum atomic E-state index is 12.1. The van der Waals surface area contributed by atoms with E-state index < -0.39 is 10.0 Å². The van der Waals surface area contributed by atoms with E-state index in [1.54, 1.807) is 23.2 Å². The first-order chi connectivity index (χ1) is 12.5. The van der Waals surface area contributed by atoms with Crippen LogP contribution < -0.4 is 4.72 Å². The van der Waals surface area contributed by atoms with Gasteiger partial charge in [-0.3, -0.25) is 9.67 Å². The SMILES string of the molecule is Cc1ccc(C=CS(=O)(=O)NCCn2ccc(-c3ccccn3)n2)cc1. The normalized spacial score (nSPS) is 11.9. The van der Waals surface area contributed by atoms with Crippen LogP contribution in [0.5, 0.6) is 0 Å². The van der Waals surface area contributed by atoms with Crippen molar-refractivity contribution in [1.29, 1.82) is 0 Å². The van der Waals surface area contributed by atoms with Gasteiger partial charge in [-0.05, 0) is 36.8 Å². The van der Waals surface area contributed by atoms with E-state index in [0.717, 1.165) is 22.5 Å². The zero-order chi connectivity index (χ0) is 18.4. The second-order valence-corrected chi connectivity index (χ2v) is 7.48. The van der Waals surface area contributed by atoms with E-state index in [1.807, 2.05) is 55.5 Å². The van der Waals surface area contributed by atoms with Crippen LogP contribution in [0.2, 0.25) is 0 Å². The molecule has 0 amide bonds. The minimum atomic E-state index is -3.49. The number of nitrogens with one attached hydrogen (secondary N) is 1. The summed E-state index contributed by atoms with van der Waals surface area (Å²) in [6.07, 6.45) is 5.10. The Morgan fingerprint density at radius 2 is 1.88 bits per heavy atom. The van der Waals surface area contributed by atoms with Gasteiger partial charge in [-0.15, -0.1) is 0 Å². The van der Waals surface area contributed by atoms with Crippen LogP contribution in [-0.4, -0.2) is 29.7 Å². The number of rotatable bonds is 7. The second-order valence-electron chi connectivity index (χ2n) is 5.83. The minimum absolute atomic E-state index is 0.254. The van der Waals surface area contributed by atoms with Crippen molar-refractivity contribution in [3.8, 4) is 11.4 Å². The highest BCUT2D eigenvalue weighted by Gasteiger charge is 2.06. The summed E-state index contributed by atoms with van der Waals surface area (Å²) in [7, 11) is -3.49. The fourth-order valence-corrected chi connectivity index (χ4v) is 3.14. The molecule has 0 aliphatic carbocycles. The molecule has 0 spiro atoms. The summed E-state index contributed by atoms with van der Waals surface area (Å²) < 4.78 is 28.3. The Labute approximate surface area is 153 Å². The Balaban J connectivity index is 1.54. The first-order valence-corrected chi connectivity index (χ1v) is 9.76. The van der Waals surface area contributed by atoms with Crippen molar-refractivity contribution in [2.45, 2.75) is 13.5 Å². The summed E-state index contributed by atoms with van der Waals surface area (Å²) in [6.45, 7) is 2.68. The van der Waals surface area contributed by atoms with E-state index in [2.05, 4.69) is 14.8 Å². The number of aromatic nitrogens is 3. The van der Waals surface area contributed by atoms with Gasteiger partial charge in [0.1, 0.15) is 5.69 Å². The zero-order valence-electron chi connectivity index (χ0n) is 14.4. The summed E-state index contributed by atoms with van der Waals surface area (Å²) in [5.41, 5.74) is 3.51. The van der Waals surface area contributed by atoms with E-state index >= 15 is 0 Å². The largest absolute Gasteiger partial charge is 0.271 e. The molecule has 0 saturated heterocycles. The molecular formula is C19H20N4O2S. The highest BCUT2D eigenvalue weighted by atomic mass is 32.2. The Morgan fingerprint density at radius 3 is 2.62 bits per heavy atom. The lowest BCUT2D eigenvalue weighted by Gasteiger charge is -2.03. The molecule has 3 rings (SSSR count). The Morgan fingerprint density at radius 1 is 1.08 bits per heavy atom. The second kappa shape index (κ2) is 8.07. The van der Waals surface area contributed by atoms with Crippen molar-refractivity contribution < 1.29 is 8.42 Å². The highest BCUT2D eigenvalue weighted by Crippen LogP contribution is 2.12. The Kier molecular flexibility index (Phi) is 5.60. The van der Waals surface area contributed by atoms with E-state index in [-0.39, 0.29) is 6.54 Å². The molecule has 134 valence electrons. The first-order valence-electron chi connectivity index (χ1n) is 8.21. The van der Waals surface area contributed by atoms with Crippen LogP contribution in [0.4, 0.5) is 0 Å². The van der Waals surface area contributed by atoms with Gasteiger partial charge in [0.05, 0.1) is 12.2 Å². The van der Waals surface area contributed by atoms with Crippen LogP contribution in [0, 0.1) is 6.92 Å². The van der Waals surface area contributed by atoms with Crippen molar-refractivity contribution in [3.63, 3.8) is 0 Å². The molecule has 1 aromatic carbocycles. The van der Waals surface area contributed by atoms with Crippen LogP contribution in [0.1, 0.15) is 11.1 Å². The number of aryl methyl sites for hydroxylation is 1. The van der Waals surface area contributed by atoms with Crippen LogP contribution >= 0.6 is 0 Å². The topological polar surface area (TPSA) is 76.9 Å². The third kappa shape index (κ3) is 5.11. The molecule has 0 radical (unpaired) electrons. The molecule has 7 heteroatoms. The molecule has 0 unspecified atom stereocenters. The Bertz CT molecular complexity index is 978. The molecule has 26 heavy (non-hydrogen) atoms. The summed E-state index contributed by atoms with van der Waals surface area (Å²) in [4.78, 5) is 4.24. The van der Waals surface area contributed by atoms with Crippen molar-refractivity contribution in [3.05, 3.63) is 77.5 Å². The summed E-state index contributed by atoms with van der Waals surface area (Å²) in [5, 5.41) is 5.58. The third-order valence-corrected chi connectivity index (χ3v) is 4.83. The quantitative estimate of drug-likeness (QED) is 0.696. The van der Waals surface area contributed by atoms with Crippen LogP contribution in [0.25, 0.3) is 17.5 Å². The molecule has 2 heterocycles. The molecule has 0 fully saturated rings. The average molecular weight is 368 g/mol. The molecule has 0 atom stereocenters. The van der Waals surface area contributed by atoms with E-state index in [0.29, 0.717) is 6.54 Å².